The lowest BCUT2D eigenvalue weighted by Gasteiger charge is -2.33. The van der Waals surface area contributed by atoms with Crippen molar-refractivity contribution >= 4 is 15.9 Å². The van der Waals surface area contributed by atoms with E-state index >= 15 is 0 Å². The number of sulfonamides is 1. The number of carbonyl (C=O) groups is 1. The highest BCUT2D eigenvalue weighted by atomic mass is 32.2. The van der Waals surface area contributed by atoms with Crippen molar-refractivity contribution in [1.29, 1.82) is 0 Å². The van der Waals surface area contributed by atoms with Gasteiger partial charge in [-0.3, -0.25) is 4.79 Å². The molecule has 2 aromatic rings. The third-order valence-corrected chi connectivity index (χ3v) is 7.47. The molecular formula is C22H28N2O6S. The molecule has 4 rings (SSSR count). The van der Waals surface area contributed by atoms with Crippen LogP contribution in [0.15, 0.2) is 41.0 Å². The van der Waals surface area contributed by atoms with E-state index in [4.69, 9.17) is 13.9 Å². The summed E-state index contributed by atoms with van der Waals surface area (Å²) in [5, 5.41) is 0. The zero-order valence-electron chi connectivity index (χ0n) is 17.9. The lowest BCUT2D eigenvalue weighted by molar-refractivity contribution is 0.0666. The fourth-order valence-electron chi connectivity index (χ4n) is 3.98. The lowest BCUT2D eigenvalue weighted by atomic mass is 10.0. The number of fused-ring (bicyclic) bond motifs is 1. The minimum absolute atomic E-state index is 0.000501. The van der Waals surface area contributed by atoms with E-state index in [-0.39, 0.29) is 42.7 Å². The summed E-state index contributed by atoms with van der Waals surface area (Å²) in [6.07, 6.45) is 2.65. The maximum Gasteiger partial charge on any atom is 0.289 e. The molecule has 0 unspecified atom stereocenters. The van der Waals surface area contributed by atoms with Crippen molar-refractivity contribution in [3.05, 3.63) is 47.9 Å². The summed E-state index contributed by atoms with van der Waals surface area (Å²) in [6.45, 7) is 5.61. The van der Waals surface area contributed by atoms with Gasteiger partial charge in [0, 0.05) is 38.2 Å². The Morgan fingerprint density at radius 1 is 1.13 bits per heavy atom. The van der Waals surface area contributed by atoms with E-state index in [2.05, 4.69) is 0 Å². The van der Waals surface area contributed by atoms with E-state index in [1.165, 1.54) is 10.6 Å². The van der Waals surface area contributed by atoms with Crippen LogP contribution in [0.5, 0.6) is 11.5 Å². The molecule has 1 amide bonds. The summed E-state index contributed by atoms with van der Waals surface area (Å²) in [5.41, 5.74) is 0.850. The van der Waals surface area contributed by atoms with Gasteiger partial charge < -0.3 is 18.8 Å². The molecule has 0 spiro atoms. The van der Waals surface area contributed by atoms with Gasteiger partial charge in [-0.15, -0.1) is 0 Å². The molecule has 168 valence electrons. The summed E-state index contributed by atoms with van der Waals surface area (Å²) in [7, 11) is -3.41. The number of ether oxygens (including phenoxy) is 2. The number of para-hydroxylation sites is 1. The van der Waals surface area contributed by atoms with Crippen molar-refractivity contribution in [2.24, 2.45) is 0 Å². The van der Waals surface area contributed by atoms with Gasteiger partial charge in [0.2, 0.25) is 10.0 Å². The van der Waals surface area contributed by atoms with Gasteiger partial charge in [-0.25, -0.2) is 8.42 Å². The van der Waals surface area contributed by atoms with Crippen molar-refractivity contribution in [2.75, 3.05) is 38.5 Å². The zero-order valence-corrected chi connectivity index (χ0v) is 18.7. The molecule has 9 heteroatoms. The van der Waals surface area contributed by atoms with Crippen molar-refractivity contribution in [3.63, 3.8) is 0 Å². The SMILES string of the molecule is CC1(C)Cc2cccc(OCCCS(=O)(=O)N3CCN(C(=O)c4ccco4)CC3)c2O1. The molecule has 1 aromatic carbocycles. The maximum atomic E-state index is 12.7. The second-order valence-electron chi connectivity index (χ2n) is 8.47. The third-order valence-electron chi connectivity index (χ3n) is 5.51. The molecule has 2 aliphatic heterocycles. The van der Waals surface area contributed by atoms with Gasteiger partial charge in [-0.05, 0) is 38.5 Å². The Kier molecular flexibility index (Phi) is 5.98. The second-order valence-corrected chi connectivity index (χ2v) is 10.6. The molecule has 0 N–H and O–H groups in total. The Morgan fingerprint density at radius 3 is 2.61 bits per heavy atom. The Labute approximate surface area is 182 Å². The maximum absolute atomic E-state index is 12.7. The summed E-state index contributed by atoms with van der Waals surface area (Å²) in [6, 6.07) is 9.08. The van der Waals surface area contributed by atoms with Crippen molar-refractivity contribution in [3.8, 4) is 11.5 Å². The van der Waals surface area contributed by atoms with E-state index < -0.39 is 10.0 Å². The summed E-state index contributed by atoms with van der Waals surface area (Å²) < 4.78 is 43.8. The predicted molar refractivity (Wildman–Crippen MR) is 115 cm³/mol. The minimum atomic E-state index is -3.41. The highest BCUT2D eigenvalue weighted by Crippen LogP contribution is 2.41. The van der Waals surface area contributed by atoms with Crippen LogP contribution in [-0.4, -0.2) is 67.7 Å². The first-order valence-electron chi connectivity index (χ1n) is 10.5. The van der Waals surface area contributed by atoms with E-state index in [9.17, 15) is 13.2 Å². The second kappa shape index (κ2) is 8.55. The Hall–Kier alpha value is -2.52. The van der Waals surface area contributed by atoms with Gasteiger partial charge in [0.05, 0.1) is 18.6 Å². The molecule has 2 aliphatic rings. The highest BCUT2D eigenvalue weighted by Gasteiger charge is 2.32. The summed E-state index contributed by atoms with van der Waals surface area (Å²) >= 11 is 0. The third kappa shape index (κ3) is 4.88. The molecule has 0 saturated carbocycles. The van der Waals surface area contributed by atoms with E-state index in [1.54, 1.807) is 17.0 Å². The van der Waals surface area contributed by atoms with Gasteiger partial charge >= 0.3 is 0 Å². The topological polar surface area (TPSA) is 89.3 Å². The standard InChI is InChI=1S/C22H28N2O6S/c1-22(2)16-17-6-3-7-18(20(17)30-22)28-14-5-15-31(26,27)24-11-9-23(10-12-24)21(25)19-8-4-13-29-19/h3-4,6-8,13H,5,9-12,14-16H2,1-2H3. The molecule has 1 aromatic heterocycles. The Bertz CT molecular complexity index is 1020. The molecular weight excluding hydrogens is 420 g/mol. The van der Waals surface area contributed by atoms with Gasteiger partial charge in [-0.1, -0.05) is 12.1 Å². The number of furan rings is 1. The molecule has 31 heavy (non-hydrogen) atoms. The van der Waals surface area contributed by atoms with Gasteiger partial charge in [0.15, 0.2) is 17.3 Å². The predicted octanol–water partition coefficient (Wildman–Crippen LogP) is 2.55. The Balaban J connectivity index is 1.25. The first-order chi connectivity index (χ1) is 14.8. The van der Waals surface area contributed by atoms with Crippen LogP contribution in [-0.2, 0) is 16.4 Å². The fourth-order valence-corrected chi connectivity index (χ4v) is 5.44. The van der Waals surface area contributed by atoms with Gasteiger partial charge in [-0.2, -0.15) is 4.31 Å². The smallest absolute Gasteiger partial charge is 0.289 e. The molecule has 0 atom stereocenters. The molecule has 1 saturated heterocycles. The quantitative estimate of drug-likeness (QED) is 0.605. The van der Waals surface area contributed by atoms with E-state index in [0.29, 0.717) is 25.3 Å². The number of hydrogen-bond acceptors (Lipinski definition) is 6. The molecule has 0 bridgehead atoms. The number of hydrogen-bond donors (Lipinski definition) is 0. The summed E-state index contributed by atoms with van der Waals surface area (Å²) in [4.78, 5) is 13.9. The van der Waals surface area contributed by atoms with Crippen LogP contribution >= 0.6 is 0 Å². The molecule has 3 heterocycles. The number of piperazine rings is 1. The molecule has 0 aliphatic carbocycles. The van der Waals surface area contributed by atoms with Crippen molar-refractivity contribution in [2.45, 2.75) is 32.3 Å². The van der Waals surface area contributed by atoms with Crippen LogP contribution in [0, 0.1) is 0 Å². The first kappa shape index (κ1) is 21.7. The minimum Gasteiger partial charge on any atom is -0.490 e. The number of benzene rings is 1. The van der Waals surface area contributed by atoms with Crippen LogP contribution in [0.3, 0.4) is 0 Å². The summed E-state index contributed by atoms with van der Waals surface area (Å²) in [5.74, 6) is 1.48. The van der Waals surface area contributed by atoms with E-state index in [1.807, 2.05) is 32.0 Å². The fraction of sp³-hybridized carbons (Fsp3) is 0.500. The van der Waals surface area contributed by atoms with Gasteiger partial charge in [0.25, 0.3) is 5.91 Å². The highest BCUT2D eigenvalue weighted by molar-refractivity contribution is 7.89. The number of amides is 1. The van der Waals surface area contributed by atoms with E-state index in [0.717, 1.165) is 17.7 Å². The number of carbonyl (C=O) groups excluding carboxylic acids is 1. The normalized spacial score (nSPS) is 18.5. The number of rotatable bonds is 7. The largest absolute Gasteiger partial charge is 0.490 e. The van der Waals surface area contributed by atoms with Crippen molar-refractivity contribution in [1.82, 2.24) is 9.21 Å². The first-order valence-corrected chi connectivity index (χ1v) is 12.1. The molecule has 1 fully saturated rings. The molecule has 8 nitrogen and oxygen atoms in total. The van der Waals surface area contributed by atoms with Crippen LogP contribution in [0.1, 0.15) is 36.4 Å². The average molecular weight is 449 g/mol. The monoisotopic (exact) mass is 448 g/mol. The zero-order chi connectivity index (χ0) is 22.1. The average Bonchev–Trinajstić information content (AvgIpc) is 3.37. The van der Waals surface area contributed by atoms with Crippen LogP contribution in [0.25, 0.3) is 0 Å². The van der Waals surface area contributed by atoms with Crippen LogP contribution < -0.4 is 9.47 Å². The molecule has 0 radical (unpaired) electrons. The Morgan fingerprint density at radius 2 is 1.90 bits per heavy atom. The lowest BCUT2D eigenvalue weighted by Crippen LogP contribution is -2.51. The number of nitrogens with zero attached hydrogens (tertiary/aromatic N) is 2. The van der Waals surface area contributed by atoms with Crippen LogP contribution in [0.2, 0.25) is 0 Å². The van der Waals surface area contributed by atoms with Crippen LogP contribution in [0.4, 0.5) is 0 Å². The van der Waals surface area contributed by atoms with Gasteiger partial charge in [0.1, 0.15) is 5.60 Å². The van der Waals surface area contributed by atoms with Crippen molar-refractivity contribution < 1.29 is 27.1 Å².